The van der Waals surface area contributed by atoms with E-state index in [1.165, 1.54) is 0 Å². The highest BCUT2D eigenvalue weighted by molar-refractivity contribution is 6.52. The molecule has 1 saturated carbocycles. The Morgan fingerprint density at radius 2 is 1.69 bits per heavy atom. The SMILES string of the molecule is CC(C)=CCC1=C(O)c2ccccc2C(=O)C1=O.CCCC=CC=CC1CC(O)C(O)C(=O)C1C=O. The summed E-state index contributed by atoms with van der Waals surface area (Å²) in [4.78, 5) is 46.3. The molecule has 1 fully saturated rings. The summed E-state index contributed by atoms with van der Waals surface area (Å²) >= 11 is 0. The molecule has 3 N–H and O–H groups in total. The van der Waals surface area contributed by atoms with E-state index in [0.29, 0.717) is 11.8 Å². The van der Waals surface area contributed by atoms with E-state index >= 15 is 0 Å². The van der Waals surface area contributed by atoms with Crippen LogP contribution in [0.2, 0.25) is 0 Å². The summed E-state index contributed by atoms with van der Waals surface area (Å²) in [5, 5.41) is 29.0. The van der Waals surface area contributed by atoms with Crippen LogP contribution in [0.5, 0.6) is 0 Å². The number of aliphatic hydroxyl groups is 3. The fraction of sp³-hybridized carbons (Fsp3) is 0.379. The van der Waals surface area contributed by atoms with Crippen LogP contribution in [-0.4, -0.2) is 51.2 Å². The number of ketones is 3. The number of allylic oxidation sites excluding steroid dienone is 7. The van der Waals surface area contributed by atoms with Gasteiger partial charge in [-0.2, -0.15) is 0 Å². The molecule has 0 saturated heterocycles. The average Bonchev–Trinajstić information content (AvgIpc) is 2.86. The van der Waals surface area contributed by atoms with Gasteiger partial charge in [-0.05, 0) is 39.0 Å². The van der Waals surface area contributed by atoms with E-state index in [1.807, 2.05) is 32.1 Å². The topological polar surface area (TPSA) is 129 Å². The van der Waals surface area contributed by atoms with Gasteiger partial charge in [0.05, 0.1) is 12.0 Å². The van der Waals surface area contributed by atoms with Gasteiger partial charge in [-0.3, -0.25) is 14.4 Å². The molecule has 0 bridgehead atoms. The van der Waals surface area contributed by atoms with Crippen molar-refractivity contribution in [2.24, 2.45) is 11.8 Å². The smallest absolute Gasteiger partial charge is 0.234 e. The summed E-state index contributed by atoms with van der Waals surface area (Å²) < 4.78 is 0. The van der Waals surface area contributed by atoms with E-state index in [-0.39, 0.29) is 35.7 Å². The minimum atomic E-state index is -1.43. The van der Waals surface area contributed by atoms with Crippen LogP contribution >= 0.6 is 0 Å². The van der Waals surface area contributed by atoms with E-state index in [0.717, 1.165) is 18.4 Å². The average molecular weight is 495 g/mol. The lowest BCUT2D eigenvalue weighted by Gasteiger charge is -2.31. The van der Waals surface area contributed by atoms with Gasteiger partial charge in [0.1, 0.15) is 18.1 Å². The standard InChI is InChI=1S/C15H14O3.C14H20O4/c1-9(2)7-8-12-13(16)10-5-3-4-6-11(10)14(17)15(12)18;1-2-3-4-5-6-7-10-8-12(16)14(18)13(17)11(10)9-15/h3-7,16H,8H2,1-2H3;4-7,9-12,14,16,18H,2-3,8H2,1H3. The van der Waals surface area contributed by atoms with Gasteiger partial charge in [0, 0.05) is 16.7 Å². The van der Waals surface area contributed by atoms with Crippen LogP contribution in [0, 0.1) is 11.8 Å². The molecule has 1 aromatic carbocycles. The molecule has 0 aliphatic heterocycles. The monoisotopic (exact) mass is 494 g/mol. The lowest BCUT2D eigenvalue weighted by Crippen LogP contribution is -2.47. The summed E-state index contributed by atoms with van der Waals surface area (Å²) in [7, 11) is 0. The summed E-state index contributed by atoms with van der Waals surface area (Å²) in [6.07, 6.45) is 9.83. The largest absolute Gasteiger partial charge is 0.507 e. The van der Waals surface area contributed by atoms with Gasteiger partial charge in [0.25, 0.3) is 0 Å². The van der Waals surface area contributed by atoms with Crippen molar-refractivity contribution in [2.75, 3.05) is 0 Å². The number of unbranched alkanes of at least 4 members (excludes halogenated alkanes) is 1. The van der Waals surface area contributed by atoms with Crippen LogP contribution in [-0.2, 0) is 14.4 Å². The van der Waals surface area contributed by atoms with E-state index in [2.05, 4.69) is 6.92 Å². The molecule has 1 aromatic rings. The first-order valence-corrected chi connectivity index (χ1v) is 12.1. The van der Waals surface area contributed by atoms with Crippen molar-refractivity contribution >= 4 is 29.4 Å². The number of fused-ring (bicyclic) bond motifs is 1. The molecular formula is C29H34O7. The number of rotatable bonds is 7. The van der Waals surface area contributed by atoms with Crippen molar-refractivity contribution in [3.8, 4) is 0 Å². The Bertz CT molecular complexity index is 1100. The minimum absolute atomic E-state index is 0.0762. The second-order valence-corrected chi connectivity index (χ2v) is 9.09. The predicted octanol–water partition coefficient (Wildman–Crippen LogP) is 4.10. The van der Waals surface area contributed by atoms with Crippen molar-refractivity contribution in [1.82, 2.24) is 0 Å². The van der Waals surface area contributed by atoms with Gasteiger partial charge >= 0.3 is 0 Å². The molecule has 192 valence electrons. The van der Waals surface area contributed by atoms with Crippen LogP contribution in [0.4, 0.5) is 0 Å². The Morgan fingerprint density at radius 1 is 1.03 bits per heavy atom. The molecule has 2 aliphatic carbocycles. The van der Waals surface area contributed by atoms with E-state index in [1.54, 1.807) is 36.4 Å². The number of carbonyl (C=O) groups excluding carboxylic acids is 4. The second kappa shape index (κ2) is 13.6. The fourth-order valence-electron chi connectivity index (χ4n) is 3.98. The van der Waals surface area contributed by atoms with E-state index < -0.39 is 35.5 Å². The summed E-state index contributed by atoms with van der Waals surface area (Å²) in [6.45, 7) is 5.88. The molecule has 2 aliphatic rings. The molecule has 0 spiro atoms. The lowest BCUT2D eigenvalue weighted by molar-refractivity contribution is -0.146. The molecule has 7 heteroatoms. The van der Waals surface area contributed by atoms with Gasteiger partial charge in [0.15, 0.2) is 5.78 Å². The number of aldehydes is 1. The first kappa shape index (κ1) is 28.8. The van der Waals surface area contributed by atoms with Crippen molar-refractivity contribution in [2.45, 2.75) is 58.7 Å². The van der Waals surface area contributed by atoms with E-state index in [4.69, 9.17) is 0 Å². The number of hydrogen-bond donors (Lipinski definition) is 3. The van der Waals surface area contributed by atoms with Gasteiger partial charge < -0.3 is 20.1 Å². The lowest BCUT2D eigenvalue weighted by atomic mass is 9.76. The molecule has 4 unspecified atom stereocenters. The maximum absolute atomic E-state index is 11.9. The Morgan fingerprint density at radius 3 is 2.31 bits per heavy atom. The van der Waals surface area contributed by atoms with Gasteiger partial charge in [-0.15, -0.1) is 0 Å². The van der Waals surface area contributed by atoms with Crippen molar-refractivity contribution in [3.05, 3.63) is 76.9 Å². The van der Waals surface area contributed by atoms with Crippen molar-refractivity contribution in [3.63, 3.8) is 0 Å². The zero-order chi connectivity index (χ0) is 26.8. The second-order valence-electron chi connectivity index (χ2n) is 9.09. The van der Waals surface area contributed by atoms with Crippen LogP contribution in [0.3, 0.4) is 0 Å². The first-order valence-electron chi connectivity index (χ1n) is 12.1. The maximum atomic E-state index is 11.9. The first-order chi connectivity index (χ1) is 17.1. The predicted molar refractivity (Wildman–Crippen MR) is 137 cm³/mol. The van der Waals surface area contributed by atoms with Crippen LogP contribution in [0.15, 0.2) is 65.8 Å². The normalized spacial score (nSPS) is 24.0. The molecule has 4 atom stereocenters. The summed E-state index contributed by atoms with van der Waals surface area (Å²) in [6, 6.07) is 6.62. The van der Waals surface area contributed by atoms with Gasteiger partial charge in [-0.25, -0.2) is 0 Å². The molecule has 0 radical (unpaired) electrons. The maximum Gasteiger partial charge on any atom is 0.234 e. The van der Waals surface area contributed by atoms with Gasteiger partial charge in [0.2, 0.25) is 11.6 Å². The van der Waals surface area contributed by atoms with Crippen LogP contribution in [0.1, 0.15) is 62.4 Å². The number of Topliss-reactive ketones (excluding diaryl/α,β-unsaturated/α-hetero) is 3. The molecule has 0 aromatic heterocycles. The zero-order valence-electron chi connectivity index (χ0n) is 20.9. The van der Waals surface area contributed by atoms with Crippen LogP contribution < -0.4 is 0 Å². The Balaban J connectivity index is 0.000000254. The quantitative estimate of drug-likeness (QED) is 0.171. The Kier molecular flexibility index (Phi) is 10.9. The summed E-state index contributed by atoms with van der Waals surface area (Å²) in [5.74, 6) is -2.99. The van der Waals surface area contributed by atoms with Crippen molar-refractivity contribution < 1.29 is 34.5 Å². The number of aliphatic hydroxyl groups excluding tert-OH is 3. The Hall–Kier alpha value is -3.42. The Labute approximate surface area is 211 Å². The highest BCUT2D eigenvalue weighted by Crippen LogP contribution is 2.30. The molecule has 7 nitrogen and oxygen atoms in total. The molecular weight excluding hydrogens is 460 g/mol. The third kappa shape index (κ3) is 7.06. The fourth-order valence-corrected chi connectivity index (χ4v) is 3.98. The number of carbonyl (C=O) groups is 4. The molecule has 36 heavy (non-hydrogen) atoms. The third-order valence-corrected chi connectivity index (χ3v) is 6.07. The van der Waals surface area contributed by atoms with Gasteiger partial charge in [-0.1, -0.05) is 73.6 Å². The van der Waals surface area contributed by atoms with E-state index in [9.17, 15) is 34.5 Å². The highest BCUT2D eigenvalue weighted by atomic mass is 16.3. The summed E-state index contributed by atoms with van der Waals surface area (Å²) in [5.41, 5.74) is 1.94. The molecule has 0 heterocycles. The molecule has 0 amide bonds. The van der Waals surface area contributed by atoms with Crippen molar-refractivity contribution in [1.29, 1.82) is 0 Å². The molecule has 3 rings (SSSR count). The number of benzene rings is 1. The minimum Gasteiger partial charge on any atom is -0.507 e. The van der Waals surface area contributed by atoms with Crippen LogP contribution in [0.25, 0.3) is 5.76 Å². The highest BCUT2D eigenvalue weighted by Gasteiger charge is 2.41. The number of hydrogen-bond acceptors (Lipinski definition) is 7. The zero-order valence-corrected chi connectivity index (χ0v) is 20.9. The third-order valence-electron chi connectivity index (χ3n) is 6.07.